The van der Waals surface area contributed by atoms with Gasteiger partial charge in [0.05, 0.1) is 11.3 Å². The van der Waals surface area contributed by atoms with Gasteiger partial charge >= 0.3 is 0 Å². The molecule has 1 aliphatic heterocycles. The first-order chi connectivity index (χ1) is 19.9. The number of anilines is 4. The average molecular weight is 550 g/mol. The van der Waals surface area contributed by atoms with Crippen LogP contribution in [0.4, 0.5) is 22.9 Å². The molecule has 0 saturated carbocycles. The second kappa shape index (κ2) is 12.5. The Morgan fingerprint density at radius 3 is 2.39 bits per heavy atom. The van der Waals surface area contributed by atoms with Gasteiger partial charge in [-0.1, -0.05) is 18.2 Å². The van der Waals surface area contributed by atoms with Crippen LogP contribution < -0.4 is 21.3 Å². The zero-order valence-electron chi connectivity index (χ0n) is 23.4. The van der Waals surface area contributed by atoms with Crippen LogP contribution in [0, 0.1) is 5.92 Å². The fourth-order valence-corrected chi connectivity index (χ4v) is 5.12. The van der Waals surface area contributed by atoms with Crippen LogP contribution in [0.25, 0.3) is 11.1 Å². The summed E-state index contributed by atoms with van der Waals surface area (Å²) in [5, 5.41) is 6.69. The van der Waals surface area contributed by atoms with Crippen molar-refractivity contribution in [3.63, 3.8) is 0 Å². The predicted octanol–water partition coefficient (Wildman–Crippen LogP) is 4.90. The van der Waals surface area contributed by atoms with E-state index in [0.29, 0.717) is 23.6 Å². The summed E-state index contributed by atoms with van der Waals surface area (Å²) in [6, 6.07) is 22.1. The number of hydrogen-bond donors (Lipinski definition) is 3. The minimum Gasteiger partial charge on any atom is -0.380 e. The molecule has 3 heterocycles. The Morgan fingerprint density at radius 2 is 1.71 bits per heavy atom. The van der Waals surface area contributed by atoms with Crippen molar-refractivity contribution in [2.75, 3.05) is 42.7 Å². The van der Waals surface area contributed by atoms with Gasteiger partial charge < -0.3 is 26.2 Å². The molecule has 210 valence electrons. The molecule has 9 heteroatoms. The number of aromatic nitrogens is 2. The maximum atomic E-state index is 12.3. The second-order valence-electron chi connectivity index (χ2n) is 10.4. The van der Waals surface area contributed by atoms with E-state index in [0.717, 1.165) is 54.0 Å². The van der Waals surface area contributed by atoms with Crippen LogP contribution in [-0.2, 0) is 11.3 Å². The summed E-state index contributed by atoms with van der Waals surface area (Å²) in [6.45, 7) is 2.22. The summed E-state index contributed by atoms with van der Waals surface area (Å²) >= 11 is 0. The minimum atomic E-state index is -0.544. The molecule has 2 aromatic heterocycles. The van der Waals surface area contributed by atoms with E-state index in [4.69, 9.17) is 5.73 Å². The van der Waals surface area contributed by atoms with Gasteiger partial charge in [-0.3, -0.25) is 14.6 Å². The molecule has 1 fully saturated rings. The summed E-state index contributed by atoms with van der Waals surface area (Å²) in [4.78, 5) is 36.9. The Balaban J connectivity index is 1.24. The topological polar surface area (TPSA) is 116 Å². The van der Waals surface area contributed by atoms with Gasteiger partial charge in [0.1, 0.15) is 5.82 Å². The lowest BCUT2D eigenvalue weighted by atomic mass is 9.95. The molecule has 0 radical (unpaired) electrons. The van der Waals surface area contributed by atoms with E-state index >= 15 is 0 Å². The van der Waals surface area contributed by atoms with Gasteiger partial charge in [0.2, 0.25) is 5.91 Å². The summed E-state index contributed by atoms with van der Waals surface area (Å²) < 4.78 is 0. The number of nitrogens with zero attached hydrogens (tertiary/aromatic N) is 4. The number of rotatable bonds is 9. The van der Waals surface area contributed by atoms with Crippen molar-refractivity contribution < 1.29 is 9.59 Å². The minimum absolute atomic E-state index is 0.102. The van der Waals surface area contributed by atoms with Crippen LogP contribution in [-0.4, -0.2) is 53.9 Å². The van der Waals surface area contributed by atoms with E-state index in [1.165, 1.54) is 6.20 Å². The van der Waals surface area contributed by atoms with Gasteiger partial charge in [-0.25, -0.2) is 4.98 Å². The zero-order chi connectivity index (χ0) is 28.8. The third-order valence-electron chi connectivity index (χ3n) is 7.38. The Hall–Kier alpha value is -4.92. The Morgan fingerprint density at radius 1 is 0.976 bits per heavy atom. The van der Waals surface area contributed by atoms with Crippen molar-refractivity contribution in [1.29, 1.82) is 0 Å². The Labute approximate surface area is 240 Å². The molecule has 9 nitrogen and oxygen atoms in total. The Kier molecular flexibility index (Phi) is 8.43. The number of piperidine rings is 1. The average Bonchev–Trinajstić information content (AvgIpc) is 3.00. The molecule has 5 rings (SSSR count). The number of hydrogen-bond acceptors (Lipinski definition) is 7. The van der Waals surface area contributed by atoms with Crippen LogP contribution in [0.15, 0.2) is 85.3 Å². The van der Waals surface area contributed by atoms with Gasteiger partial charge in [-0.15, -0.1) is 0 Å². The van der Waals surface area contributed by atoms with Crippen LogP contribution >= 0.6 is 0 Å². The first-order valence-electron chi connectivity index (χ1n) is 13.7. The van der Waals surface area contributed by atoms with Gasteiger partial charge in [-0.2, -0.15) is 0 Å². The van der Waals surface area contributed by atoms with E-state index < -0.39 is 5.91 Å². The van der Waals surface area contributed by atoms with Gasteiger partial charge in [0, 0.05) is 75.7 Å². The third-order valence-corrected chi connectivity index (χ3v) is 7.38. The molecule has 4 N–H and O–H groups in total. The van der Waals surface area contributed by atoms with Crippen molar-refractivity contribution in [3.8, 4) is 11.1 Å². The molecular weight excluding hydrogens is 514 g/mol. The molecule has 0 atom stereocenters. The summed E-state index contributed by atoms with van der Waals surface area (Å²) in [7, 11) is 3.64. The molecule has 1 saturated heterocycles. The van der Waals surface area contributed by atoms with Crippen LogP contribution in [0.1, 0.15) is 28.8 Å². The number of carbonyl (C=O) groups excluding carboxylic acids is 2. The molecule has 4 aromatic rings. The number of nitrogens with two attached hydrogens (primary N) is 1. The molecule has 0 bridgehead atoms. The maximum Gasteiger partial charge on any atom is 0.252 e. The monoisotopic (exact) mass is 549 g/mol. The highest BCUT2D eigenvalue weighted by molar-refractivity contribution is 5.98. The third kappa shape index (κ3) is 6.81. The van der Waals surface area contributed by atoms with Crippen molar-refractivity contribution in [1.82, 2.24) is 14.9 Å². The van der Waals surface area contributed by atoms with Gasteiger partial charge in [0.15, 0.2) is 0 Å². The van der Waals surface area contributed by atoms with E-state index in [2.05, 4.69) is 49.8 Å². The van der Waals surface area contributed by atoms with Crippen LogP contribution in [0.5, 0.6) is 0 Å². The van der Waals surface area contributed by atoms with E-state index in [9.17, 15) is 9.59 Å². The summed E-state index contributed by atoms with van der Waals surface area (Å²) in [6.07, 6.45) is 6.76. The quantitative estimate of drug-likeness (QED) is 0.272. The predicted molar refractivity (Wildman–Crippen MR) is 163 cm³/mol. The number of nitrogens with one attached hydrogen (secondary N) is 2. The highest BCUT2D eigenvalue weighted by Crippen LogP contribution is 2.28. The molecule has 1 aliphatic rings. The van der Waals surface area contributed by atoms with E-state index in [1.807, 2.05) is 50.5 Å². The number of pyridine rings is 2. The lowest BCUT2D eigenvalue weighted by Crippen LogP contribution is -2.40. The SMILES string of the molecule is CN(C)C(=O)C1CCN(c2ccc(Nc3cc(NCc4cccc(-c5ccncc5)c4)c(C(N)=O)cn3)cc2)CC1. The van der Waals surface area contributed by atoms with Crippen molar-refractivity contribution >= 4 is 34.7 Å². The van der Waals surface area contributed by atoms with Crippen LogP contribution in [0.2, 0.25) is 0 Å². The van der Waals surface area contributed by atoms with Crippen molar-refractivity contribution in [2.24, 2.45) is 11.7 Å². The van der Waals surface area contributed by atoms with Crippen molar-refractivity contribution in [2.45, 2.75) is 19.4 Å². The smallest absolute Gasteiger partial charge is 0.252 e. The summed E-state index contributed by atoms with van der Waals surface area (Å²) in [5.74, 6) is 0.368. The number of primary amides is 1. The fraction of sp³-hybridized carbons (Fsp3) is 0.250. The fourth-order valence-electron chi connectivity index (χ4n) is 5.12. The lowest BCUT2D eigenvalue weighted by Gasteiger charge is -2.34. The molecular formula is C32H35N7O2. The highest BCUT2D eigenvalue weighted by Gasteiger charge is 2.26. The second-order valence-corrected chi connectivity index (χ2v) is 10.4. The number of amides is 2. The summed E-state index contributed by atoms with van der Waals surface area (Å²) in [5.41, 5.74) is 11.8. The normalized spacial score (nSPS) is 13.5. The van der Waals surface area contributed by atoms with Crippen molar-refractivity contribution in [3.05, 3.63) is 96.4 Å². The zero-order valence-corrected chi connectivity index (χ0v) is 23.4. The first kappa shape index (κ1) is 27.6. The van der Waals surface area contributed by atoms with Crippen LogP contribution in [0.3, 0.4) is 0 Å². The largest absolute Gasteiger partial charge is 0.380 e. The maximum absolute atomic E-state index is 12.3. The molecule has 0 spiro atoms. The number of benzene rings is 2. The molecule has 41 heavy (non-hydrogen) atoms. The van der Waals surface area contributed by atoms with Gasteiger partial charge in [-0.05, 0) is 72.0 Å². The van der Waals surface area contributed by atoms with E-state index in [1.54, 1.807) is 23.4 Å². The highest BCUT2D eigenvalue weighted by atomic mass is 16.2. The molecule has 2 aromatic carbocycles. The molecule has 0 aliphatic carbocycles. The van der Waals surface area contributed by atoms with Gasteiger partial charge in [0.25, 0.3) is 5.91 Å². The number of carbonyl (C=O) groups is 2. The lowest BCUT2D eigenvalue weighted by molar-refractivity contribution is -0.133. The molecule has 2 amide bonds. The standard InChI is InChI=1S/C32H35N7O2/c1-38(2)32(41)24-12-16-39(17-13-24)27-8-6-26(7-9-27)37-30-19-29(28(21-36-30)31(33)40)35-20-22-4-3-5-25(18-22)23-10-14-34-15-11-23/h3-11,14-15,18-19,21,24H,12-13,16-17,20H2,1-2H3,(H2,33,40)(H2,35,36,37). The van der Waals surface area contributed by atoms with E-state index in [-0.39, 0.29) is 11.8 Å². The molecule has 0 unspecified atom stereocenters. The first-order valence-corrected chi connectivity index (χ1v) is 13.7. The Bertz CT molecular complexity index is 1500.